The Balaban J connectivity index is 1.53. The quantitative estimate of drug-likeness (QED) is 0.884. The highest BCUT2D eigenvalue weighted by Crippen LogP contribution is 2.34. The summed E-state index contributed by atoms with van der Waals surface area (Å²) in [4.78, 5) is 22.1. The van der Waals surface area contributed by atoms with Crippen molar-refractivity contribution in [3.8, 4) is 0 Å². The van der Waals surface area contributed by atoms with Crippen molar-refractivity contribution in [1.82, 2.24) is 14.5 Å². The molecule has 0 bridgehead atoms. The van der Waals surface area contributed by atoms with Crippen LogP contribution in [-0.2, 0) is 6.54 Å². The maximum Gasteiger partial charge on any atom is 0.337 e. The van der Waals surface area contributed by atoms with E-state index in [1.807, 2.05) is 6.20 Å². The Kier molecular flexibility index (Phi) is 4.37. The van der Waals surface area contributed by atoms with E-state index in [0.717, 1.165) is 44.2 Å². The van der Waals surface area contributed by atoms with Crippen molar-refractivity contribution in [1.29, 1.82) is 0 Å². The molecule has 1 saturated carbocycles. The molecule has 0 unspecified atom stereocenters. The number of piperidine rings is 1. The summed E-state index contributed by atoms with van der Waals surface area (Å²) in [5.74, 6) is 1.96. The second kappa shape index (κ2) is 6.67. The van der Waals surface area contributed by atoms with E-state index in [1.165, 1.54) is 25.1 Å². The second-order valence-corrected chi connectivity index (χ2v) is 7.41. The van der Waals surface area contributed by atoms with Crippen molar-refractivity contribution in [2.75, 3.05) is 18.0 Å². The summed E-state index contributed by atoms with van der Waals surface area (Å²) >= 11 is 6.30. The Labute approximate surface area is 151 Å². The van der Waals surface area contributed by atoms with Crippen LogP contribution in [0.15, 0.2) is 24.7 Å². The number of pyridine rings is 1. The largest absolute Gasteiger partial charge is 0.478 e. The van der Waals surface area contributed by atoms with Crippen molar-refractivity contribution >= 4 is 23.4 Å². The van der Waals surface area contributed by atoms with Crippen LogP contribution in [0.4, 0.5) is 5.82 Å². The van der Waals surface area contributed by atoms with E-state index < -0.39 is 5.97 Å². The molecule has 1 aliphatic carbocycles. The van der Waals surface area contributed by atoms with Crippen LogP contribution in [0, 0.1) is 5.92 Å². The van der Waals surface area contributed by atoms with Gasteiger partial charge in [0.2, 0.25) is 0 Å². The molecule has 3 heterocycles. The Morgan fingerprint density at radius 2 is 2.16 bits per heavy atom. The van der Waals surface area contributed by atoms with Gasteiger partial charge in [-0.05, 0) is 37.7 Å². The molecule has 1 atom stereocenters. The minimum absolute atomic E-state index is 0.113. The summed E-state index contributed by atoms with van der Waals surface area (Å²) in [5, 5.41) is 9.45. The molecule has 0 spiro atoms. The van der Waals surface area contributed by atoms with Crippen molar-refractivity contribution in [2.45, 2.75) is 38.1 Å². The Morgan fingerprint density at radius 3 is 2.88 bits per heavy atom. The Morgan fingerprint density at radius 1 is 1.32 bits per heavy atom. The van der Waals surface area contributed by atoms with Crippen LogP contribution < -0.4 is 4.90 Å². The molecule has 132 valence electrons. The molecular weight excluding hydrogens is 340 g/mol. The first-order valence-corrected chi connectivity index (χ1v) is 9.14. The van der Waals surface area contributed by atoms with Gasteiger partial charge in [0.15, 0.2) is 0 Å². The fourth-order valence-corrected chi connectivity index (χ4v) is 3.86. The van der Waals surface area contributed by atoms with E-state index in [2.05, 4.69) is 25.6 Å². The van der Waals surface area contributed by atoms with Gasteiger partial charge < -0.3 is 14.6 Å². The zero-order valence-corrected chi connectivity index (χ0v) is 14.7. The van der Waals surface area contributed by atoms with E-state index in [0.29, 0.717) is 16.8 Å². The molecule has 0 amide bonds. The monoisotopic (exact) mass is 360 g/mol. The maximum absolute atomic E-state index is 11.1. The van der Waals surface area contributed by atoms with Crippen LogP contribution in [0.5, 0.6) is 0 Å². The highest BCUT2D eigenvalue weighted by atomic mass is 35.5. The van der Waals surface area contributed by atoms with Gasteiger partial charge in [-0.1, -0.05) is 11.6 Å². The first-order valence-electron chi connectivity index (χ1n) is 8.76. The normalized spacial score (nSPS) is 20.7. The third-order valence-electron chi connectivity index (χ3n) is 5.05. The number of rotatable bonds is 5. The molecule has 0 radical (unpaired) electrons. The summed E-state index contributed by atoms with van der Waals surface area (Å²) in [6.45, 7) is 2.75. The van der Waals surface area contributed by atoms with Crippen LogP contribution >= 0.6 is 11.6 Å². The van der Waals surface area contributed by atoms with Gasteiger partial charge in [0.05, 0.1) is 10.6 Å². The van der Waals surface area contributed by atoms with Crippen LogP contribution in [0.2, 0.25) is 5.02 Å². The average Bonchev–Trinajstić information content (AvgIpc) is 3.30. The highest BCUT2D eigenvalue weighted by Gasteiger charge is 2.29. The van der Waals surface area contributed by atoms with Gasteiger partial charge in [-0.25, -0.2) is 14.8 Å². The molecule has 2 aromatic rings. The Bertz CT molecular complexity index is 787. The molecule has 1 N–H and O–H groups in total. The van der Waals surface area contributed by atoms with E-state index in [4.69, 9.17) is 16.7 Å². The van der Waals surface area contributed by atoms with Crippen LogP contribution in [-0.4, -0.2) is 38.7 Å². The molecule has 6 nitrogen and oxygen atoms in total. The summed E-state index contributed by atoms with van der Waals surface area (Å²) in [6, 6.07) is 1.48. The number of nitrogens with zero attached hydrogens (tertiary/aromatic N) is 4. The first kappa shape index (κ1) is 16.4. The summed E-state index contributed by atoms with van der Waals surface area (Å²) < 4.78 is 2.30. The minimum Gasteiger partial charge on any atom is -0.478 e. The summed E-state index contributed by atoms with van der Waals surface area (Å²) in [7, 11) is 0. The van der Waals surface area contributed by atoms with Crippen molar-refractivity contribution in [3.63, 3.8) is 0 Å². The van der Waals surface area contributed by atoms with Crippen LogP contribution in [0.1, 0.15) is 47.8 Å². The van der Waals surface area contributed by atoms with Crippen molar-refractivity contribution < 1.29 is 9.90 Å². The van der Waals surface area contributed by atoms with E-state index >= 15 is 0 Å². The predicted octanol–water partition coefficient (Wildman–Crippen LogP) is 3.42. The standard InChI is InChI=1S/C18H21ClN4O2/c19-15-8-14(18(24)25)9-21-17(15)22-6-1-2-13(11-22)16-20-5-7-23(16)10-12-3-4-12/h5,7-9,12-13H,1-4,6,10-11H2,(H,24,25)/t13-/m0/s1. The predicted molar refractivity (Wildman–Crippen MR) is 95.3 cm³/mol. The number of aromatic carboxylic acids is 1. The average molecular weight is 361 g/mol. The zero-order valence-electron chi connectivity index (χ0n) is 13.9. The number of anilines is 1. The van der Waals surface area contributed by atoms with Gasteiger partial charge in [0.1, 0.15) is 11.6 Å². The fraction of sp³-hybridized carbons (Fsp3) is 0.500. The molecule has 1 saturated heterocycles. The fourth-order valence-electron chi connectivity index (χ4n) is 3.57. The van der Waals surface area contributed by atoms with Crippen molar-refractivity contribution in [3.05, 3.63) is 41.1 Å². The van der Waals surface area contributed by atoms with Gasteiger partial charge in [0, 0.05) is 44.1 Å². The number of carboxylic acids is 1. The van der Waals surface area contributed by atoms with Crippen molar-refractivity contribution in [2.24, 2.45) is 5.92 Å². The number of hydrogen-bond donors (Lipinski definition) is 1. The Hall–Kier alpha value is -2.08. The molecule has 2 fully saturated rings. The van der Waals surface area contributed by atoms with E-state index in [9.17, 15) is 4.79 Å². The SMILES string of the molecule is O=C(O)c1cnc(N2CCC[C@H](c3nccn3CC3CC3)C2)c(Cl)c1. The van der Waals surface area contributed by atoms with E-state index in [-0.39, 0.29) is 5.56 Å². The summed E-state index contributed by atoms with van der Waals surface area (Å²) in [5.41, 5.74) is 0.113. The van der Waals surface area contributed by atoms with Gasteiger partial charge in [-0.15, -0.1) is 0 Å². The lowest BCUT2D eigenvalue weighted by molar-refractivity contribution is 0.0696. The van der Waals surface area contributed by atoms with Gasteiger partial charge in [-0.2, -0.15) is 0 Å². The lowest BCUT2D eigenvalue weighted by Crippen LogP contribution is -2.36. The zero-order chi connectivity index (χ0) is 17.4. The van der Waals surface area contributed by atoms with Crippen LogP contribution in [0.25, 0.3) is 0 Å². The number of hydrogen-bond acceptors (Lipinski definition) is 4. The van der Waals surface area contributed by atoms with E-state index in [1.54, 1.807) is 0 Å². The highest BCUT2D eigenvalue weighted by molar-refractivity contribution is 6.33. The molecular formula is C18H21ClN4O2. The molecule has 2 aromatic heterocycles. The number of halogens is 1. The number of imidazole rings is 1. The number of aromatic nitrogens is 3. The lowest BCUT2D eigenvalue weighted by Gasteiger charge is -2.34. The molecule has 4 rings (SSSR count). The van der Waals surface area contributed by atoms with Crippen LogP contribution in [0.3, 0.4) is 0 Å². The smallest absolute Gasteiger partial charge is 0.337 e. The summed E-state index contributed by atoms with van der Waals surface area (Å²) in [6.07, 6.45) is 10.1. The third-order valence-corrected chi connectivity index (χ3v) is 5.33. The molecule has 0 aromatic carbocycles. The second-order valence-electron chi connectivity index (χ2n) is 7.00. The van der Waals surface area contributed by atoms with Gasteiger partial charge >= 0.3 is 5.97 Å². The maximum atomic E-state index is 11.1. The molecule has 25 heavy (non-hydrogen) atoms. The molecule has 1 aliphatic heterocycles. The number of carbonyl (C=O) groups is 1. The van der Waals surface area contributed by atoms with Gasteiger partial charge in [0.25, 0.3) is 0 Å². The first-order chi connectivity index (χ1) is 12.1. The third kappa shape index (κ3) is 3.49. The lowest BCUT2D eigenvalue weighted by atomic mass is 9.97. The topological polar surface area (TPSA) is 71.2 Å². The van der Waals surface area contributed by atoms with Gasteiger partial charge in [-0.3, -0.25) is 0 Å². The molecule has 2 aliphatic rings. The molecule has 7 heteroatoms. The number of carboxylic acid groups (broad SMARTS) is 1. The minimum atomic E-state index is -1.01.